The molecular weight excluding hydrogens is 210 g/mol. The van der Waals surface area contributed by atoms with Crippen LogP contribution in [0.3, 0.4) is 0 Å². The number of ether oxygens (including phenoxy) is 1. The van der Waals surface area contributed by atoms with Gasteiger partial charge in [0.1, 0.15) is 12.4 Å². The molecule has 17 heavy (non-hydrogen) atoms. The number of para-hydroxylation sites is 1. The first-order valence-electron chi connectivity index (χ1n) is 6.80. The lowest BCUT2D eigenvalue weighted by Crippen LogP contribution is -2.43. The van der Waals surface area contributed by atoms with Gasteiger partial charge in [-0.15, -0.1) is 0 Å². The van der Waals surface area contributed by atoms with Crippen molar-refractivity contribution in [2.75, 3.05) is 19.7 Å². The summed E-state index contributed by atoms with van der Waals surface area (Å²) in [7, 11) is 0. The van der Waals surface area contributed by atoms with Crippen molar-refractivity contribution in [3.8, 4) is 5.75 Å². The fourth-order valence-electron chi connectivity index (χ4n) is 2.60. The largest absolute Gasteiger partial charge is 0.492 e. The molecule has 0 spiro atoms. The first kappa shape index (κ1) is 12.4. The van der Waals surface area contributed by atoms with Gasteiger partial charge in [0.15, 0.2) is 0 Å². The summed E-state index contributed by atoms with van der Waals surface area (Å²) >= 11 is 0. The van der Waals surface area contributed by atoms with Crippen LogP contribution in [0.1, 0.15) is 32.3 Å². The lowest BCUT2D eigenvalue weighted by molar-refractivity contribution is 0.119. The van der Waals surface area contributed by atoms with Crippen molar-refractivity contribution in [3.05, 3.63) is 29.8 Å². The van der Waals surface area contributed by atoms with Crippen LogP contribution in [0.5, 0.6) is 5.75 Å². The van der Waals surface area contributed by atoms with Crippen LogP contribution in [0.2, 0.25) is 0 Å². The Morgan fingerprint density at radius 3 is 2.59 bits per heavy atom. The number of nitrogens with zero attached hydrogens (tertiary/aromatic N) is 1. The predicted molar refractivity (Wildman–Crippen MR) is 71.6 cm³/mol. The van der Waals surface area contributed by atoms with E-state index in [4.69, 9.17) is 4.74 Å². The summed E-state index contributed by atoms with van der Waals surface area (Å²) < 4.78 is 5.87. The molecule has 0 amide bonds. The Kier molecular flexibility index (Phi) is 4.43. The SMILES string of the molecule is CCCN(CCC)[C@H]1COc2ccccc2C1. The molecule has 2 nitrogen and oxygen atoms in total. The van der Waals surface area contributed by atoms with E-state index in [0.717, 1.165) is 18.8 Å². The third kappa shape index (κ3) is 3.01. The fourth-order valence-corrected chi connectivity index (χ4v) is 2.60. The minimum Gasteiger partial charge on any atom is -0.492 e. The molecule has 0 bridgehead atoms. The van der Waals surface area contributed by atoms with Gasteiger partial charge in [0.25, 0.3) is 0 Å². The number of hydrogen-bond acceptors (Lipinski definition) is 2. The Hall–Kier alpha value is -1.02. The normalized spacial score (nSPS) is 18.9. The van der Waals surface area contributed by atoms with Gasteiger partial charge < -0.3 is 4.74 Å². The van der Waals surface area contributed by atoms with Crippen LogP contribution in [0.15, 0.2) is 24.3 Å². The zero-order chi connectivity index (χ0) is 12.1. The molecular formula is C15H23NO. The molecule has 0 aromatic heterocycles. The zero-order valence-electron chi connectivity index (χ0n) is 11.0. The molecule has 94 valence electrons. The van der Waals surface area contributed by atoms with Crippen molar-refractivity contribution in [1.29, 1.82) is 0 Å². The first-order valence-corrected chi connectivity index (χ1v) is 6.80. The molecule has 0 unspecified atom stereocenters. The highest BCUT2D eigenvalue weighted by molar-refractivity contribution is 5.35. The standard InChI is InChI=1S/C15H23NO/c1-3-9-16(10-4-2)14-11-13-7-5-6-8-15(13)17-12-14/h5-8,14H,3-4,9-12H2,1-2H3/t14-/m1/s1. The molecule has 0 radical (unpaired) electrons. The van der Waals surface area contributed by atoms with Crippen LogP contribution in [0.4, 0.5) is 0 Å². The van der Waals surface area contributed by atoms with Crippen molar-refractivity contribution in [1.82, 2.24) is 4.90 Å². The third-order valence-electron chi connectivity index (χ3n) is 3.40. The second kappa shape index (κ2) is 6.06. The van der Waals surface area contributed by atoms with Gasteiger partial charge in [-0.05, 0) is 44.0 Å². The number of benzene rings is 1. The molecule has 1 atom stereocenters. The Balaban J connectivity index is 2.04. The van der Waals surface area contributed by atoms with E-state index in [1.54, 1.807) is 0 Å². The van der Waals surface area contributed by atoms with Crippen molar-refractivity contribution in [2.24, 2.45) is 0 Å². The fraction of sp³-hybridized carbons (Fsp3) is 0.600. The van der Waals surface area contributed by atoms with Crippen molar-refractivity contribution < 1.29 is 4.74 Å². The average Bonchev–Trinajstić information content (AvgIpc) is 2.38. The molecule has 1 aromatic carbocycles. The summed E-state index contributed by atoms with van der Waals surface area (Å²) in [5, 5.41) is 0. The lowest BCUT2D eigenvalue weighted by Gasteiger charge is -2.34. The molecule has 0 saturated heterocycles. The maximum absolute atomic E-state index is 5.87. The molecule has 1 aliphatic heterocycles. The average molecular weight is 233 g/mol. The van der Waals surface area contributed by atoms with Crippen LogP contribution in [-0.2, 0) is 6.42 Å². The van der Waals surface area contributed by atoms with E-state index < -0.39 is 0 Å². The van der Waals surface area contributed by atoms with E-state index in [1.165, 1.54) is 31.5 Å². The summed E-state index contributed by atoms with van der Waals surface area (Å²) in [6, 6.07) is 8.99. The quantitative estimate of drug-likeness (QED) is 0.775. The third-order valence-corrected chi connectivity index (χ3v) is 3.40. The lowest BCUT2D eigenvalue weighted by atomic mass is 10.0. The Bertz CT molecular complexity index is 345. The van der Waals surface area contributed by atoms with Crippen molar-refractivity contribution in [2.45, 2.75) is 39.2 Å². The second-order valence-electron chi connectivity index (χ2n) is 4.81. The first-order chi connectivity index (χ1) is 8.35. The van der Waals surface area contributed by atoms with E-state index in [1.807, 2.05) is 0 Å². The molecule has 0 fully saturated rings. The Morgan fingerprint density at radius 2 is 1.88 bits per heavy atom. The monoisotopic (exact) mass is 233 g/mol. The summed E-state index contributed by atoms with van der Waals surface area (Å²) in [6.45, 7) is 7.71. The smallest absolute Gasteiger partial charge is 0.122 e. The van der Waals surface area contributed by atoms with Gasteiger partial charge in [-0.2, -0.15) is 0 Å². The summed E-state index contributed by atoms with van der Waals surface area (Å²) in [6.07, 6.45) is 3.58. The van der Waals surface area contributed by atoms with Crippen molar-refractivity contribution in [3.63, 3.8) is 0 Å². The number of rotatable bonds is 5. The van der Waals surface area contributed by atoms with Gasteiger partial charge in [-0.3, -0.25) is 4.90 Å². The molecule has 0 saturated carbocycles. The van der Waals surface area contributed by atoms with Gasteiger partial charge in [0.05, 0.1) is 0 Å². The highest BCUT2D eigenvalue weighted by Crippen LogP contribution is 2.26. The molecule has 1 aromatic rings. The highest BCUT2D eigenvalue weighted by Gasteiger charge is 2.24. The van der Waals surface area contributed by atoms with Gasteiger partial charge in [-0.25, -0.2) is 0 Å². The van der Waals surface area contributed by atoms with Crippen LogP contribution in [-0.4, -0.2) is 30.6 Å². The van der Waals surface area contributed by atoms with Gasteiger partial charge >= 0.3 is 0 Å². The predicted octanol–water partition coefficient (Wildman–Crippen LogP) is 3.11. The molecule has 2 heteroatoms. The van der Waals surface area contributed by atoms with Gasteiger partial charge in [0.2, 0.25) is 0 Å². The van der Waals surface area contributed by atoms with Gasteiger partial charge in [-0.1, -0.05) is 32.0 Å². The van der Waals surface area contributed by atoms with Crippen LogP contribution < -0.4 is 4.74 Å². The molecule has 0 N–H and O–H groups in total. The summed E-state index contributed by atoms with van der Waals surface area (Å²) in [5.74, 6) is 1.08. The number of fused-ring (bicyclic) bond motifs is 1. The minimum absolute atomic E-state index is 0.560. The summed E-state index contributed by atoms with van der Waals surface area (Å²) in [5.41, 5.74) is 1.36. The van der Waals surface area contributed by atoms with Crippen LogP contribution in [0.25, 0.3) is 0 Å². The van der Waals surface area contributed by atoms with Crippen molar-refractivity contribution >= 4 is 0 Å². The maximum Gasteiger partial charge on any atom is 0.122 e. The number of hydrogen-bond donors (Lipinski definition) is 0. The second-order valence-corrected chi connectivity index (χ2v) is 4.81. The highest BCUT2D eigenvalue weighted by atomic mass is 16.5. The van der Waals surface area contributed by atoms with E-state index in [2.05, 4.69) is 43.0 Å². The molecule has 1 heterocycles. The van der Waals surface area contributed by atoms with Crippen LogP contribution >= 0.6 is 0 Å². The minimum atomic E-state index is 0.560. The maximum atomic E-state index is 5.87. The van der Waals surface area contributed by atoms with Crippen LogP contribution in [0, 0.1) is 0 Å². The van der Waals surface area contributed by atoms with E-state index in [-0.39, 0.29) is 0 Å². The Labute approximate surface area is 105 Å². The van der Waals surface area contributed by atoms with Gasteiger partial charge in [0, 0.05) is 6.04 Å². The Morgan fingerprint density at radius 1 is 1.18 bits per heavy atom. The van der Waals surface area contributed by atoms with E-state index in [0.29, 0.717) is 6.04 Å². The zero-order valence-corrected chi connectivity index (χ0v) is 11.0. The molecule has 2 rings (SSSR count). The molecule has 1 aliphatic rings. The van der Waals surface area contributed by atoms with E-state index in [9.17, 15) is 0 Å². The summed E-state index contributed by atoms with van der Waals surface area (Å²) in [4.78, 5) is 2.58. The topological polar surface area (TPSA) is 12.5 Å². The molecule has 0 aliphatic carbocycles. The van der Waals surface area contributed by atoms with E-state index >= 15 is 0 Å².